The molecule has 1 aliphatic rings. The second-order valence-electron chi connectivity index (χ2n) is 6.84. The molecule has 1 atom stereocenters. The zero-order valence-electron chi connectivity index (χ0n) is 16.8. The van der Waals surface area contributed by atoms with Gasteiger partial charge >= 0.3 is 6.61 Å². The van der Waals surface area contributed by atoms with E-state index in [0.29, 0.717) is 23.1 Å². The Hall–Kier alpha value is -3.07. The molecule has 30 heavy (non-hydrogen) atoms. The van der Waals surface area contributed by atoms with Crippen LogP contribution in [0, 0.1) is 5.82 Å². The molecule has 1 aliphatic heterocycles. The third kappa shape index (κ3) is 3.60. The van der Waals surface area contributed by atoms with Crippen molar-refractivity contribution in [2.45, 2.75) is 32.1 Å². The molecule has 0 aliphatic carbocycles. The van der Waals surface area contributed by atoms with Gasteiger partial charge in [-0.3, -0.25) is 9.69 Å². The fourth-order valence-corrected chi connectivity index (χ4v) is 3.54. The number of guanidine groups is 1. The van der Waals surface area contributed by atoms with Gasteiger partial charge in [0.2, 0.25) is 0 Å². The molecule has 0 fully saturated rings. The first-order chi connectivity index (χ1) is 14.2. The summed E-state index contributed by atoms with van der Waals surface area (Å²) in [6, 6.07) is 8.64. The van der Waals surface area contributed by atoms with Gasteiger partial charge in [0.1, 0.15) is 11.6 Å². The Kier molecular flexibility index (Phi) is 6.02. The highest BCUT2D eigenvalue weighted by Gasteiger charge is 2.50. The van der Waals surface area contributed by atoms with Crippen molar-refractivity contribution >= 4 is 11.9 Å². The van der Waals surface area contributed by atoms with Gasteiger partial charge in [-0.25, -0.2) is 9.38 Å². The maximum Gasteiger partial charge on any atom is 0.387 e. The lowest BCUT2D eigenvalue weighted by atomic mass is 9.81. The van der Waals surface area contributed by atoms with Crippen molar-refractivity contribution in [1.29, 1.82) is 0 Å². The summed E-state index contributed by atoms with van der Waals surface area (Å²) in [4.78, 5) is 19.0. The van der Waals surface area contributed by atoms with E-state index in [1.54, 1.807) is 13.0 Å². The van der Waals surface area contributed by atoms with Crippen molar-refractivity contribution in [1.82, 2.24) is 4.90 Å². The van der Waals surface area contributed by atoms with Crippen LogP contribution >= 0.6 is 0 Å². The van der Waals surface area contributed by atoms with Gasteiger partial charge in [0.15, 0.2) is 11.5 Å². The minimum atomic E-state index is -2.98. The number of carbonyl (C=O) groups excluding carboxylic acids is 1. The van der Waals surface area contributed by atoms with E-state index >= 15 is 0 Å². The predicted octanol–water partition coefficient (Wildman–Crippen LogP) is 3.17. The van der Waals surface area contributed by atoms with Crippen LogP contribution in [-0.2, 0) is 28.1 Å². The van der Waals surface area contributed by atoms with E-state index in [4.69, 9.17) is 10.5 Å². The first kappa shape index (κ1) is 21.6. The summed E-state index contributed by atoms with van der Waals surface area (Å²) >= 11 is 0. The Balaban J connectivity index is 2.24. The van der Waals surface area contributed by atoms with Gasteiger partial charge in [-0.05, 0) is 47.4 Å². The monoisotopic (exact) mass is 421 g/mol. The molecule has 0 saturated carbocycles. The minimum absolute atomic E-state index is 0.000353. The van der Waals surface area contributed by atoms with Gasteiger partial charge in [-0.1, -0.05) is 19.1 Å². The van der Waals surface area contributed by atoms with E-state index in [2.05, 4.69) is 9.73 Å². The van der Waals surface area contributed by atoms with Crippen molar-refractivity contribution in [3.63, 3.8) is 0 Å². The van der Waals surface area contributed by atoms with Crippen LogP contribution in [0.3, 0.4) is 0 Å². The van der Waals surface area contributed by atoms with E-state index < -0.39 is 23.9 Å². The normalized spacial score (nSPS) is 18.8. The summed E-state index contributed by atoms with van der Waals surface area (Å²) in [7, 11) is 2.92. The number of nitrogens with zero attached hydrogens (tertiary/aromatic N) is 2. The number of aliphatic imine (C=N–C) groups is 1. The van der Waals surface area contributed by atoms with Crippen LogP contribution in [0.4, 0.5) is 13.2 Å². The summed E-state index contributed by atoms with van der Waals surface area (Å²) in [5.74, 6) is -0.925. The van der Waals surface area contributed by atoms with Crippen molar-refractivity contribution in [2.75, 3.05) is 14.2 Å². The smallest absolute Gasteiger partial charge is 0.387 e. The van der Waals surface area contributed by atoms with E-state index in [1.165, 1.54) is 49.4 Å². The number of hydrogen-bond acceptors (Lipinski definition) is 5. The molecule has 0 aromatic heterocycles. The standard InChI is InChI=1S/C21H22F3N3O3/c1-4-12-9-15(6-8-17(12)30-19(23)24)21(18(28)27(2)20(25)26-21)14-5-7-16(22)13(10-14)11-29-3/h5-10,19H,4,11H2,1-3H3,(H2,25,26). The number of rotatable bonds is 7. The quantitative estimate of drug-likeness (QED) is 0.745. The van der Waals surface area contributed by atoms with Crippen LogP contribution in [0.1, 0.15) is 29.2 Å². The molecule has 0 bridgehead atoms. The van der Waals surface area contributed by atoms with Crippen molar-refractivity contribution < 1.29 is 27.4 Å². The number of benzene rings is 2. The summed E-state index contributed by atoms with van der Waals surface area (Å²) in [6.45, 7) is -1.20. The summed E-state index contributed by atoms with van der Waals surface area (Å²) in [5.41, 5.74) is 5.88. The molecule has 0 saturated heterocycles. The first-order valence-corrected chi connectivity index (χ1v) is 9.24. The van der Waals surface area contributed by atoms with Crippen LogP contribution in [0.15, 0.2) is 41.4 Å². The predicted molar refractivity (Wildman–Crippen MR) is 105 cm³/mol. The topological polar surface area (TPSA) is 77.2 Å². The van der Waals surface area contributed by atoms with Crippen LogP contribution in [0.5, 0.6) is 5.75 Å². The molecule has 2 aromatic carbocycles. The lowest BCUT2D eigenvalue weighted by molar-refractivity contribution is -0.129. The number of hydrogen-bond donors (Lipinski definition) is 1. The van der Waals surface area contributed by atoms with Crippen molar-refractivity contribution in [2.24, 2.45) is 10.7 Å². The Morgan fingerprint density at radius 3 is 2.33 bits per heavy atom. The van der Waals surface area contributed by atoms with Crippen LogP contribution in [0.2, 0.25) is 0 Å². The molecular weight excluding hydrogens is 399 g/mol. The van der Waals surface area contributed by atoms with E-state index in [-0.39, 0.29) is 23.9 Å². The molecule has 9 heteroatoms. The molecule has 1 heterocycles. The Labute approximate surface area is 172 Å². The number of nitrogens with two attached hydrogens (primary N) is 1. The molecule has 0 radical (unpaired) electrons. The lowest BCUT2D eigenvalue weighted by Crippen LogP contribution is -2.41. The van der Waals surface area contributed by atoms with Crippen molar-refractivity contribution in [3.8, 4) is 5.75 Å². The van der Waals surface area contributed by atoms with Gasteiger partial charge < -0.3 is 15.2 Å². The highest BCUT2D eigenvalue weighted by atomic mass is 19.3. The van der Waals surface area contributed by atoms with Gasteiger partial charge in [-0.15, -0.1) is 0 Å². The van der Waals surface area contributed by atoms with Gasteiger partial charge in [0.25, 0.3) is 5.91 Å². The molecule has 6 nitrogen and oxygen atoms in total. The minimum Gasteiger partial charge on any atom is -0.435 e. The number of methoxy groups -OCH3 is 1. The molecule has 1 amide bonds. The molecule has 160 valence electrons. The first-order valence-electron chi connectivity index (χ1n) is 9.24. The number of ether oxygens (including phenoxy) is 2. The highest BCUT2D eigenvalue weighted by Crippen LogP contribution is 2.41. The average molecular weight is 421 g/mol. The molecular formula is C21H22F3N3O3. The fraction of sp³-hybridized carbons (Fsp3) is 0.333. The summed E-state index contributed by atoms with van der Waals surface area (Å²) in [6.07, 6.45) is 0.382. The largest absolute Gasteiger partial charge is 0.435 e. The van der Waals surface area contributed by atoms with E-state index in [1.807, 2.05) is 0 Å². The Morgan fingerprint density at radius 2 is 1.80 bits per heavy atom. The fourth-order valence-electron chi connectivity index (χ4n) is 3.54. The van der Waals surface area contributed by atoms with Gasteiger partial charge in [0, 0.05) is 19.7 Å². The molecule has 2 N–H and O–H groups in total. The Bertz CT molecular complexity index is 997. The average Bonchev–Trinajstić information content (AvgIpc) is 2.94. The number of alkyl halides is 2. The van der Waals surface area contributed by atoms with Gasteiger partial charge in [-0.2, -0.15) is 8.78 Å². The zero-order valence-corrected chi connectivity index (χ0v) is 16.8. The second kappa shape index (κ2) is 8.35. The maximum atomic E-state index is 14.2. The lowest BCUT2D eigenvalue weighted by Gasteiger charge is -2.27. The Morgan fingerprint density at radius 1 is 1.17 bits per heavy atom. The van der Waals surface area contributed by atoms with Crippen molar-refractivity contribution in [3.05, 3.63) is 64.5 Å². The third-order valence-corrected chi connectivity index (χ3v) is 5.08. The number of halogens is 3. The van der Waals surface area contributed by atoms with E-state index in [9.17, 15) is 18.0 Å². The molecule has 0 spiro atoms. The number of aryl methyl sites for hydroxylation is 1. The SMILES string of the molecule is CCc1cc(C2(c3ccc(F)c(COC)c3)N=C(N)N(C)C2=O)ccc1OC(F)F. The third-order valence-electron chi connectivity index (χ3n) is 5.08. The van der Waals surface area contributed by atoms with Crippen LogP contribution < -0.4 is 10.5 Å². The number of amides is 1. The highest BCUT2D eigenvalue weighted by molar-refractivity contribution is 6.09. The molecule has 1 unspecified atom stereocenters. The van der Waals surface area contributed by atoms with E-state index in [0.717, 1.165) is 0 Å². The number of likely N-dealkylation sites (N-methyl/N-ethyl adjacent to an activating group) is 1. The second-order valence-corrected chi connectivity index (χ2v) is 6.84. The summed E-state index contributed by atoms with van der Waals surface area (Å²) < 4.78 is 49.3. The number of carbonyl (C=O) groups is 1. The van der Waals surface area contributed by atoms with Crippen LogP contribution in [-0.4, -0.2) is 37.5 Å². The summed E-state index contributed by atoms with van der Waals surface area (Å²) in [5, 5.41) is 0. The van der Waals surface area contributed by atoms with Gasteiger partial charge in [0.05, 0.1) is 6.61 Å². The maximum absolute atomic E-state index is 14.2. The zero-order chi connectivity index (χ0) is 22.1. The molecule has 3 rings (SSSR count). The van der Waals surface area contributed by atoms with Crippen LogP contribution in [0.25, 0.3) is 0 Å². The molecule has 2 aromatic rings.